The number of hydrogen-bond acceptors (Lipinski definition) is 4. The molecule has 122 valence electrons. The number of carbonyl (C=O) groups excluding carboxylic acids is 2. The van der Waals surface area contributed by atoms with E-state index in [0.29, 0.717) is 5.69 Å². The minimum Gasteiger partial charge on any atom is -0.503 e. The Hall–Kier alpha value is -2.95. The maximum Gasteiger partial charge on any atom is 0.294 e. The van der Waals surface area contributed by atoms with Crippen LogP contribution in [0.3, 0.4) is 0 Å². The fourth-order valence-corrected chi connectivity index (χ4v) is 3.02. The summed E-state index contributed by atoms with van der Waals surface area (Å²) in [6.07, 6.45) is 1.58. The maximum absolute atomic E-state index is 12.6. The highest BCUT2D eigenvalue weighted by molar-refractivity contribution is 6.16. The van der Waals surface area contributed by atoms with Crippen LogP contribution < -0.4 is 4.90 Å². The van der Waals surface area contributed by atoms with Crippen molar-refractivity contribution in [3.05, 3.63) is 70.7 Å². The van der Waals surface area contributed by atoms with Gasteiger partial charge in [-0.2, -0.15) is 0 Å². The number of amides is 1. The summed E-state index contributed by atoms with van der Waals surface area (Å²) in [6, 6.07) is 10.4. The number of aliphatic hydroxyl groups excluding tert-OH is 1. The molecule has 0 saturated heterocycles. The number of pyridine rings is 1. The summed E-state index contributed by atoms with van der Waals surface area (Å²) in [7, 11) is 0. The minimum atomic E-state index is -0.652. The first kappa shape index (κ1) is 15.9. The van der Waals surface area contributed by atoms with Crippen molar-refractivity contribution in [2.45, 2.75) is 26.8 Å². The Morgan fingerprint density at radius 2 is 1.88 bits per heavy atom. The number of aromatic nitrogens is 1. The van der Waals surface area contributed by atoms with E-state index >= 15 is 0 Å². The molecule has 24 heavy (non-hydrogen) atoms. The van der Waals surface area contributed by atoms with Gasteiger partial charge in [-0.3, -0.25) is 19.5 Å². The molecule has 0 radical (unpaired) electrons. The molecule has 1 N–H and O–H groups in total. The van der Waals surface area contributed by atoms with Crippen molar-refractivity contribution in [3.8, 4) is 0 Å². The van der Waals surface area contributed by atoms with Crippen LogP contribution >= 0.6 is 0 Å². The Morgan fingerprint density at radius 3 is 2.46 bits per heavy atom. The number of benzene rings is 1. The number of aliphatic hydroxyl groups is 1. The average Bonchev–Trinajstić information content (AvgIpc) is 2.81. The largest absolute Gasteiger partial charge is 0.503 e. The molecule has 5 heteroatoms. The predicted octanol–water partition coefficient (Wildman–Crippen LogP) is 3.19. The topological polar surface area (TPSA) is 70.5 Å². The Morgan fingerprint density at radius 1 is 1.17 bits per heavy atom. The summed E-state index contributed by atoms with van der Waals surface area (Å²) in [5.74, 6) is -1.40. The third kappa shape index (κ3) is 2.48. The lowest BCUT2D eigenvalue weighted by molar-refractivity contribution is -0.117. The van der Waals surface area contributed by atoms with E-state index < -0.39 is 17.7 Å². The van der Waals surface area contributed by atoms with Crippen LogP contribution in [-0.4, -0.2) is 21.8 Å². The lowest BCUT2D eigenvalue weighted by atomic mass is 9.93. The van der Waals surface area contributed by atoms with E-state index in [-0.39, 0.29) is 11.4 Å². The molecule has 1 aliphatic rings. The molecule has 1 unspecified atom stereocenters. The second kappa shape index (κ2) is 5.92. The number of aryl methyl sites for hydroxylation is 2. The smallest absolute Gasteiger partial charge is 0.294 e. The van der Waals surface area contributed by atoms with Gasteiger partial charge in [0.1, 0.15) is 0 Å². The highest BCUT2D eigenvalue weighted by Crippen LogP contribution is 2.41. The molecule has 1 aromatic heterocycles. The summed E-state index contributed by atoms with van der Waals surface area (Å²) in [5.41, 5.74) is 3.23. The van der Waals surface area contributed by atoms with Crippen molar-refractivity contribution < 1.29 is 14.7 Å². The molecule has 1 aromatic carbocycles. The third-order valence-corrected chi connectivity index (χ3v) is 4.24. The Balaban J connectivity index is 2.21. The van der Waals surface area contributed by atoms with Crippen LogP contribution in [0.25, 0.3) is 0 Å². The second-order valence-corrected chi connectivity index (χ2v) is 5.91. The van der Waals surface area contributed by atoms with Crippen LogP contribution in [-0.2, 0) is 9.59 Å². The molecule has 0 spiro atoms. The monoisotopic (exact) mass is 322 g/mol. The van der Waals surface area contributed by atoms with Crippen LogP contribution in [0.1, 0.15) is 29.8 Å². The van der Waals surface area contributed by atoms with Crippen LogP contribution in [0, 0.1) is 13.8 Å². The molecule has 3 rings (SSSR count). The Bertz CT molecular complexity index is 853. The van der Waals surface area contributed by atoms with Gasteiger partial charge >= 0.3 is 0 Å². The van der Waals surface area contributed by atoms with Gasteiger partial charge in [0.05, 0.1) is 23.5 Å². The molecular formula is C19H18N2O3. The lowest BCUT2D eigenvalue weighted by Gasteiger charge is -2.27. The fraction of sp³-hybridized carbons (Fsp3) is 0.211. The van der Waals surface area contributed by atoms with Crippen molar-refractivity contribution >= 4 is 17.4 Å². The molecule has 0 bridgehead atoms. The molecule has 2 aromatic rings. The number of nitrogens with zero attached hydrogens (tertiary/aromatic N) is 2. The maximum atomic E-state index is 12.6. The molecule has 1 aliphatic heterocycles. The number of anilines is 1. The van der Waals surface area contributed by atoms with Gasteiger partial charge in [-0.25, -0.2) is 0 Å². The standard InChI is InChI=1S/C19H18N2O3/c1-11-6-4-5-7-15(11)17-16(13(3)22)18(23)19(24)21(17)14-9-8-12(2)20-10-14/h4-10,17,23H,1-3H3. The molecule has 0 saturated carbocycles. The van der Waals surface area contributed by atoms with E-state index in [1.807, 2.05) is 38.1 Å². The fourth-order valence-electron chi connectivity index (χ4n) is 3.02. The van der Waals surface area contributed by atoms with Gasteiger partial charge in [0.15, 0.2) is 11.5 Å². The van der Waals surface area contributed by atoms with Gasteiger partial charge in [-0.1, -0.05) is 24.3 Å². The van der Waals surface area contributed by atoms with E-state index in [2.05, 4.69) is 4.98 Å². The number of rotatable bonds is 3. The predicted molar refractivity (Wildman–Crippen MR) is 90.7 cm³/mol. The van der Waals surface area contributed by atoms with Crippen molar-refractivity contribution in [2.75, 3.05) is 4.90 Å². The normalized spacial score (nSPS) is 17.5. The van der Waals surface area contributed by atoms with Crippen molar-refractivity contribution in [1.82, 2.24) is 4.98 Å². The number of hydrogen-bond donors (Lipinski definition) is 1. The summed E-state index contributed by atoms with van der Waals surface area (Å²) in [5, 5.41) is 10.3. The van der Waals surface area contributed by atoms with E-state index in [4.69, 9.17) is 0 Å². The zero-order chi connectivity index (χ0) is 17.4. The summed E-state index contributed by atoms with van der Waals surface area (Å²) >= 11 is 0. The van der Waals surface area contributed by atoms with Crippen molar-refractivity contribution in [2.24, 2.45) is 0 Å². The summed E-state index contributed by atoms with van der Waals surface area (Å²) in [6.45, 7) is 5.13. The molecule has 2 heterocycles. The number of Topliss-reactive ketones (excluding diaryl/α,β-unsaturated/α-hetero) is 1. The number of carbonyl (C=O) groups is 2. The zero-order valence-corrected chi connectivity index (χ0v) is 13.8. The average molecular weight is 322 g/mol. The lowest BCUT2D eigenvalue weighted by Crippen LogP contribution is -2.31. The number of ketones is 1. The summed E-state index contributed by atoms with van der Waals surface area (Å²) < 4.78 is 0. The molecular weight excluding hydrogens is 304 g/mol. The molecule has 5 nitrogen and oxygen atoms in total. The Labute approximate surface area is 140 Å². The first-order valence-electron chi connectivity index (χ1n) is 7.67. The van der Waals surface area contributed by atoms with Gasteiger partial charge < -0.3 is 5.11 Å². The van der Waals surface area contributed by atoms with E-state index in [0.717, 1.165) is 16.8 Å². The first-order chi connectivity index (χ1) is 11.4. The summed E-state index contributed by atoms with van der Waals surface area (Å²) in [4.78, 5) is 30.4. The van der Waals surface area contributed by atoms with Crippen LogP contribution in [0.5, 0.6) is 0 Å². The highest BCUT2D eigenvalue weighted by Gasteiger charge is 2.43. The van der Waals surface area contributed by atoms with Crippen LogP contribution in [0.2, 0.25) is 0 Å². The van der Waals surface area contributed by atoms with Crippen molar-refractivity contribution in [1.29, 1.82) is 0 Å². The molecule has 1 atom stereocenters. The SMILES string of the molecule is CC(=O)C1=C(O)C(=O)N(c2ccc(C)nc2)C1c1ccccc1C. The minimum absolute atomic E-state index is 0.120. The van der Waals surface area contributed by atoms with Gasteiger partial charge in [-0.15, -0.1) is 0 Å². The Kier molecular flexibility index (Phi) is 3.93. The molecule has 0 aliphatic carbocycles. The second-order valence-electron chi connectivity index (χ2n) is 5.91. The van der Waals surface area contributed by atoms with Gasteiger partial charge in [-0.05, 0) is 44.0 Å². The highest BCUT2D eigenvalue weighted by atomic mass is 16.3. The van der Waals surface area contributed by atoms with E-state index in [1.54, 1.807) is 18.3 Å². The zero-order valence-electron chi connectivity index (χ0n) is 13.8. The quantitative estimate of drug-likeness (QED) is 0.942. The molecule has 1 amide bonds. The van der Waals surface area contributed by atoms with Crippen LogP contribution in [0.4, 0.5) is 5.69 Å². The first-order valence-corrected chi connectivity index (χ1v) is 7.67. The van der Waals surface area contributed by atoms with Crippen LogP contribution in [0.15, 0.2) is 53.9 Å². The van der Waals surface area contributed by atoms with Gasteiger partial charge in [0.2, 0.25) is 0 Å². The molecule has 0 fully saturated rings. The van der Waals surface area contributed by atoms with Gasteiger partial charge in [0.25, 0.3) is 5.91 Å². The van der Waals surface area contributed by atoms with E-state index in [1.165, 1.54) is 11.8 Å². The van der Waals surface area contributed by atoms with Crippen molar-refractivity contribution in [3.63, 3.8) is 0 Å². The third-order valence-electron chi connectivity index (χ3n) is 4.24. The van der Waals surface area contributed by atoms with E-state index in [9.17, 15) is 14.7 Å². The van der Waals surface area contributed by atoms with Gasteiger partial charge in [0, 0.05) is 5.69 Å².